The molecule has 1 aromatic rings. The Morgan fingerprint density at radius 3 is 2.71 bits per heavy atom. The van der Waals surface area contributed by atoms with Crippen LogP contribution in [0.4, 0.5) is 0 Å². The zero-order valence-electron chi connectivity index (χ0n) is 10.2. The molecule has 0 aliphatic rings. The maximum atomic E-state index is 10.7. The number of rotatable bonds is 7. The summed E-state index contributed by atoms with van der Waals surface area (Å²) < 4.78 is 23.3. The van der Waals surface area contributed by atoms with Crippen LogP contribution in [0.15, 0.2) is 18.5 Å². The van der Waals surface area contributed by atoms with E-state index in [0.29, 0.717) is 13.0 Å². The van der Waals surface area contributed by atoms with Crippen LogP contribution in [0, 0.1) is 0 Å². The molecule has 0 fully saturated rings. The van der Waals surface area contributed by atoms with Gasteiger partial charge in [-0.05, 0) is 32.9 Å². The van der Waals surface area contributed by atoms with Crippen molar-refractivity contribution in [1.82, 2.24) is 15.1 Å². The number of primary sulfonamides is 1. The van der Waals surface area contributed by atoms with Gasteiger partial charge in [-0.15, -0.1) is 0 Å². The van der Waals surface area contributed by atoms with Crippen molar-refractivity contribution in [2.45, 2.75) is 32.4 Å². The molecule has 0 amide bonds. The van der Waals surface area contributed by atoms with Crippen LogP contribution in [-0.2, 0) is 10.0 Å². The van der Waals surface area contributed by atoms with Gasteiger partial charge in [-0.25, -0.2) is 13.6 Å². The molecule has 0 aliphatic heterocycles. The summed E-state index contributed by atoms with van der Waals surface area (Å²) in [5, 5.41) is 12.3. The first-order valence-corrected chi connectivity index (χ1v) is 7.34. The monoisotopic (exact) mass is 260 g/mol. The van der Waals surface area contributed by atoms with Crippen molar-refractivity contribution >= 4 is 10.0 Å². The van der Waals surface area contributed by atoms with E-state index in [4.69, 9.17) is 5.14 Å². The molecule has 17 heavy (non-hydrogen) atoms. The average molecular weight is 260 g/mol. The Balaban J connectivity index is 2.28. The minimum Gasteiger partial charge on any atom is -0.312 e. The highest BCUT2D eigenvalue weighted by Crippen LogP contribution is 2.08. The highest BCUT2D eigenvalue weighted by Gasteiger charge is 2.13. The van der Waals surface area contributed by atoms with Crippen molar-refractivity contribution in [2.75, 3.05) is 12.3 Å². The fourth-order valence-electron chi connectivity index (χ4n) is 1.52. The number of hydrogen-bond acceptors (Lipinski definition) is 4. The third kappa shape index (κ3) is 5.29. The zero-order valence-corrected chi connectivity index (χ0v) is 11.0. The Morgan fingerprint density at radius 2 is 2.18 bits per heavy atom. The lowest BCUT2D eigenvalue weighted by molar-refractivity contribution is 0.367. The van der Waals surface area contributed by atoms with Crippen molar-refractivity contribution in [3.05, 3.63) is 18.5 Å². The number of sulfonamides is 1. The molecule has 0 radical (unpaired) electrons. The van der Waals surface area contributed by atoms with Gasteiger partial charge in [0.05, 0.1) is 11.8 Å². The maximum Gasteiger partial charge on any atom is 0.209 e. The highest BCUT2D eigenvalue weighted by molar-refractivity contribution is 7.89. The van der Waals surface area contributed by atoms with Crippen molar-refractivity contribution in [3.8, 4) is 0 Å². The SMILES string of the molecule is C[C@H](NCCCS(N)(=O)=O)[C@H](C)n1cccn1. The second-order valence-corrected chi connectivity index (χ2v) is 5.92. The molecule has 1 heterocycles. The Bertz CT molecular complexity index is 416. The molecule has 0 spiro atoms. The Labute approximate surface area is 102 Å². The van der Waals surface area contributed by atoms with Crippen molar-refractivity contribution in [3.63, 3.8) is 0 Å². The van der Waals surface area contributed by atoms with E-state index in [1.54, 1.807) is 6.20 Å². The molecule has 0 saturated carbocycles. The van der Waals surface area contributed by atoms with Crippen LogP contribution in [0.5, 0.6) is 0 Å². The summed E-state index contributed by atoms with van der Waals surface area (Å²) in [6.07, 6.45) is 4.17. The van der Waals surface area contributed by atoms with Gasteiger partial charge in [0.25, 0.3) is 0 Å². The molecular formula is C10H20N4O2S. The predicted octanol–water partition coefficient (Wildman–Crippen LogP) is 0.101. The van der Waals surface area contributed by atoms with E-state index >= 15 is 0 Å². The van der Waals surface area contributed by atoms with Crippen molar-refractivity contribution in [2.24, 2.45) is 5.14 Å². The first kappa shape index (κ1) is 14.1. The molecular weight excluding hydrogens is 240 g/mol. The number of aromatic nitrogens is 2. The standard InChI is InChI=1S/C10H20N4O2S/c1-9(10(2)14-7-3-6-13-14)12-5-4-8-17(11,15)16/h3,6-7,9-10,12H,4-5,8H2,1-2H3,(H2,11,15,16)/t9-,10-/m0/s1. The lowest BCUT2D eigenvalue weighted by Gasteiger charge is -2.21. The summed E-state index contributed by atoms with van der Waals surface area (Å²) in [6.45, 7) is 4.73. The summed E-state index contributed by atoms with van der Waals surface area (Å²) in [5.74, 6) is 0.0167. The fourth-order valence-corrected chi connectivity index (χ4v) is 2.07. The molecule has 6 nitrogen and oxygen atoms in total. The lowest BCUT2D eigenvalue weighted by atomic mass is 10.2. The van der Waals surface area contributed by atoms with Gasteiger partial charge in [-0.1, -0.05) is 0 Å². The smallest absolute Gasteiger partial charge is 0.209 e. The van der Waals surface area contributed by atoms with E-state index in [9.17, 15) is 8.42 Å². The Kier molecular flexibility index (Phi) is 5.10. The van der Waals surface area contributed by atoms with Crippen LogP contribution in [0.2, 0.25) is 0 Å². The van der Waals surface area contributed by atoms with E-state index in [1.807, 2.05) is 23.9 Å². The van der Waals surface area contributed by atoms with Crippen molar-refractivity contribution in [1.29, 1.82) is 0 Å². The third-order valence-electron chi connectivity index (χ3n) is 2.74. The van der Waals surface area contributed by atoms with Gasteiger partial charge < -0.3 is 5.32 Å². The number of hydrogen-bond donors (Lipinski definition) is 2. The minimum absolute atomic E-state index is 0.0167. The first-order chi connectivity index (χ1) is 7.90. The molecule has 3 N–H and O–H groups in total. The third-order valence-corrected chi connectivity index (χ3v) is 3.60. The highest BCUT2D eigenvalue weighted by atomic mass is 32.2. The summed E-state index contributed by atoms with van der Waals surface area (Å²) in [7, 11) is -3.34. The summed E-state index contributed by atoms with van der Waals surface area (Å²) >= 11 is 0. The zero-order chi connectivity index (χ0) is 12.9. The Hall–Kier alpha value is -0.920. The fraction of sp³-hybridized carbons (Fsp3) is 0.700. The summed E-state index contributed by atoms with van der Waals surface area (Å²) in [4.78, 5) is 0. The molecule has 7 heteroatoms. The van der Waals surface area contributed by atoms with E-state index < -0.39 is 10.0 Å². The lowest BCUT2D eigenvalue weighted by Crippen LogP contribution is -2.35. The molecule has 0 bridgehead atoms. The van der Waals surface area contributed by atoms with E-state index in [1.165, 1.54) is 0 Å². The first-order valence-electron chi connectivity index (χ1n) is 5.63. The summed E-state index contributed by atoms with van der Waals surface area (Å²) in [6, 6.07) is 2.32. The van der Waals surface area contributed by atoms with Crippen LogP contribution in [-0.4, -0.2) is 36.5 Å². The van der Waals surface area contributed by atoms with Crippen LogP contribution in [0.25, 0.3) is 0 Å². The van der Waals surface area contributed by atoms with Gasteiger partial charge in [0, 0.05) is 18.4 Å². The second-order valence-electron chi connectivity index (χ2n) is 4.19. The molecule has 1 aromatic heterocycles. The Morgan fingerprint density at radius 1 is 1.47 bits per heavy atom. The number of nitrogens with one attached hydrogen (secondary N) is 1. The van der Waals surface area contributed by atoms with Gasteiger partial charge in [0.2, 0.25) is 10.0 Å². The largest absolute Gasteiger partial charge is 0.312 e. The van der Waals surface area contributed by atoms with Crippen LogP contribution >= 0.6 is 0 Å². The van der Waals surface area contributed by atoms with Crippen LogP contribution < -0.4 is 10.5 Å². The van der Waals surface area contributed by atoms with Crippen LogP contribution in [0.1, 0.15) is 26.3 Å². The van der Waals surface area contributed by atoms with Gasteiger partial charge in [-0.3, -0.25) is 4.68 Å². The normalized spacial score (nSPS) is 15.7. The van der Waals surface area contributed by atoms with E-state index in [-0.39, 0.29) is 17.8 Å². The molecule has 0 aliphatic carbocycles. The average Bonchev–Trinajstić information content (AvgIpc) is 2.74. The molecule has 0 unspecified atom stereocenters. The van der Waals surface area contributed by atoms with Gasteiger partial charge in [0.1, 0.15) is 0 Å². The topological polar surface area (TPSA) is 90.0 Å². The quantitative estimate of drug-likeness (QED) is 0.680. The van der Waals surface area contributed by atoms with Crippen molar-refractivity contribution < 1.29 is 8.42 Å². The number of nitrogens with zero attached hydrogens (tertiary/aromatic N) is 2. The van der Waals surface area contributed by atoms with Gasteiger partial charge in [-0.2, -0.15) is 5.10 Å². The van der Waals surface area contributed by atoms with Gasteiger partial charge >= 0.3 is 0 Å². The molecule has 98 valence electrons. The molecule has 1 rings (SSSR count). The summed E-state index contributed by atoms with van der Waals surface area (Å²) in [5.41, 5.74) is 0. The van der Waals surface area contributed by atoms with Crippen LogP contribution in [0.3, 0.4) is 0 Å². The minimum atomic E-state index is -3.34. The molecule has 0 aromatic carbocycles. The molecule has 0 saturated heterocycles. The predicted molar refractivity (Wildman–Crippen MR) is 67.0 cm³/mol. The van der Waals surface area contributed by atoms with E-state index in [0.717, 1.165) is 0 Å². The molecule has 2 atom stereocenters. The number of nitrogens with two attached hydrogens (primary N) is 1. The maximum absolute atomic E-state index is 10.7. The second kappa shape index (κ2) is 6.13. The van der Waals surface area contributed by atoms with E-state index in [2.05, 4.69) is 17.3 Å². The van der Waals surface area contributed by atoms with Gasteiger partial charge in [0.15, 0.2) is 0 Å².